The minimum Gasteiger partial charge on any atom is -0.339 e. The van der Waals surface area contributed by atoms with E-state index in [-0.39, 0.29) is 23.7 Å². The van der Waals surface area contributed by atoms with Crippen LogP contribution in [0, 0.1) is 5.92 Å². The third-order valence-corrected chi connectivity index (χ3v) is 4.81. The van der Waals surface area contributed by atoms with Crippen molar-refractivity contribution in [2.24, 2.45) is 5.92 Å². The Labute approximate surface area is 139 Å². The molecule has 0 N–H and O–H groups in total. The monoisotopic (exact) mass is 407 g/mol. The highest BCUT2D eigenvalue weighted by Gasteiger charge is 3.03. The van der Waals surface area contributed by atoms with Gasteiger partial charge in [-0.15, -0.1) is 0 Å². The van der Waals surface area contributed by atoms with Crippen LogP contribution in [0.25, 0.3) is 0 Å². The van der Waals surface area contributed by atoms with Crippen LogP contribution >= 0.6 is 0 Å². The van der Waals surface area contributed by atoms with Crippen LogP contribution in [0.1, 0.15) is 19.8 Å². The van der Waals surface area contributed by atoms with E-state index in [4.69, 9.17) is 0 Å². The van der Waals surface area contributed by atoms with E-state index in [1.54, 1.807) is 6.92 Å². The Kier molecular flexibility index (Phi) is 4.34. The fraction of sp³-hybridized carbons (Fsp3) is 0.923. The minimum atomic E-state index is -7.31. The predicted molar refractivity (Wildman–Crippen MR) is 63.6 cm³/mol. The molecule has 2 nitrogen and oxygen atoms in total. The highest BCUT2D eigenvalue weighted by Crippen LogP contribution is 2.69. The summed E-state index contributed by atoms with van der Waals surface area (Å²) in [5.74, 6) is -39.3. The van der Waals surface area contributed by atoms with Crippen molar-refractivity contribution in [1.82, 2.24) is 4.90 Å². The number of hydrogen-bond donors (Lipinski definition) is 0. The average Bonchev–Trinajstić information content (AvgIpc) is 2.52. The molecule has 1 amide bonds. The van der Waals surface area contributed by atoms with E-state index in [1.165, 1.54) is 0 Å². The van der Waals surface area contributed by atoms with Crippen molar-refractivity contribution in [1.29, 1.82) is 0 Å². The lowest BCUT2D eigenvalue weighted by Gasteiger charge is -2.52. The van der Waals surface area contributed by atoms with Gasteiger partial charge in [-0.2, -0.15) is 43.9 Å². The molecule has 0 bridgehead atoms. The molecule has 1 aliphatic carbocycles. The first-order chi connectivity index (χ1) is 11.4. The Morgan fingerprint density at radius 2 is 1.00 bits per heavy atom. The van der Waals surface area contributed by atoms with Crippen LogP contribution in [-0.2, 0) is 4.79 Å². The van der Waals surface area contributed by atoms with Crippen molar-refractivity contribution >= 4 is 5.91 Å². The Balaban J connectivity index is 2.66. The molecule has 0 atom stereocenters. The summed E-state index contributed by atoms with van der Waals surface area (Å²) in [6.45, 7) is 0.260. The molecule has 152 valence electrons. The fourth-order valence-electron chi connectivity index (χ4n) is 2.92. The molecule has 1 heterocycles. The van der Waals surface area contributed by atoms with E-state index in [9.17, 15) is 53.1 Å². The van der Waals surface area contributed by atoms with E-state index in [2.05, 4.69) is 0 Å². The predicted octanol–water partition coefficient (Wildman–Crippen LogP) is 4.14. The Morgan fingerprint density at radius 3 is 1.35 bits per heavy atom. The van der Waals surface area contributed by atoms with Crippen molar-refractivity contribution < 1.29 is 53.1 Å². The van der Waals surface area contributed by atoms with Crippen molar-refractivity contribution in [3.05, 3.63) is 0 Å². The fourth-order valence-corrected chi connectivity index (χ4v) is 2.92. The summed E-state index contributed by atoms with van der Waals surface area (Å²) in [5, 5.41) is 0. The lowest BCUT2D eigenvalue weighted by Crippen LogP contribution is -2.86. The number of rotatable bonds is 1. The van der Waals surface area contributed by atoms with Crippen LogP contribution in [0.2, 0.25) is 0 Å². The van der Waals surface area contributed by atoms with Crippen molar-refractivity contribution in [2.75, 3.05) is 13.1 Å². The third-order valence-electron chi connectivity index (χ3n) is 4.81. The van der Waals surface area contributed by atoms with E-state index >= 15 is 0 Å². The van der Waals surface area contributed by atoms with E-state index in [0.717, 1.165) is 0 Å². The molecular formula is C13H12F11NO. The van der Waals surface area contributed by atoms with E-state index < -0.39 is 54.3 Å². The molecule has 1 saturated carbocycles. The van der Waals surface area contributed by atoms with Crippen molar-refractivity contribution in [2.45, 2.75) is 55.0 Å². The largest absolute Gasteiger partial charge is 0.384 e. The van der Waals surface area contributed by atoms with Gasteiger partial charge in [-0.25, -0.2) is 4.39 Å². The van der Waals surface area contributed by atoms with E-state index in [1.807, 2.05) is 0 Å². The molecule has 1 aliphatic heterocycles. The van der Waals surface area contributed by atoms with Crippen LogP contribution in [0.15, 0.2) is 0 Å². The second-order valence-corrected chi connectivity index (χ2v) is 6.51. The molecule has 0 spiro atoms. The van der Waals surface area contributed by atoms with E-state index in [0.29, 0.717) is 0 Å². The number of amides is 1. The number of alkyl halides is 11. The maximum absolute atomic E-state index is 14.6. The molecule has 13 heteroatoms. The van der Waals surface area contributed by atoms with Crippen LogP contribution < -0.4 is 0 Å². The number of likely N-dealkylation sites (tertiary alicyclic amines) is 1. The number of carbonyl (C=O) groups is 1. The summed E-state index contributed by atoms with van der Waals surface area (Å²) in [5.41, 5.74) is -6.56. The zero-order chi connectivity index (χ0) is 20.6. The van der Waals surface area contributed by atoms with Crippen LogP contribution in [0.5, 0.6) is 0 Å². The van der Waals surface area contributed by atoms with Gasteiger partial charge in [0.05, 0.1) is 0 Å². The number of piperidine rings is 1. The topological polar surface area (TPSA) is 20.3 Å². The van der Waals surface area contributed by atoms with Gasteiger partial charge < -0.3 is 4.90 Å². The standard InChI is InChI=1S/C13H12F11NO/c1-6-2-4-25(5-3-6)7(26)8(14)9(15,16)11(19,20)13(23,24)12(21,22)10(8,17)18/h6H,2-5H2,1H3. The normalized spacial score (nSPS) is 31.5. The van der Waals surface area contributed by atoms with Gasteiger partial charge in [-0.05, 0) is 18.8 Å². The average molecular weight is 407 g/mol. The molecule has 2 aliphatic rings. The summed E-state index contributed by atoms with van der Waals surface area (Å²) in [6, 6.07) is 0. The molecule has 0 aromatic heterocycles. The molecule has 0 aromatic rings. The lowest BCUT2D eigenvalue weighted by molar-refractivity contribution is -0.477. The zero-order valence-electron chi connectivity index (χ0n) is 12.9. The smallest absolute Gasteiger partial charge is 0.339 e. The third kappa shape index (κ3) is 2.02. The molecule has 0 radical (unpaired) electrons. The van der Waals surface area contributed by atoms with Gasteiger partial charge in [0.15, 0.2) is 0 Å². The second-order valence-electron chi connectivity index (χ2n) is 6.51. The molecule has 2 rings (SSSR count). The minimum absolute atomic E-state index is 0.0398. The van der Waals surface area contributed by atoms with Gasteiger partial charge in [0.25, 0.3) is 5.91 Å². The number of hydrogen-bond acceptors (Lipinski definition) is 1. The molecule has 1 saturated heterocycles. The molecule has 2 fully saturated rings. The van der Waals surface area contributed by atoms with Gasteiger partial charge in [0.2, 0.25) is 0 Å². The number of carbonyl (C=O) groups excluding carboxylic acids is 1. The maximum atomic E-state index is 14.6. The molecule has 0 unspecified atom stereocenters. The molecule has 0 aromatic carbocycles. The molecule has 26 heavy (non-hydrogen) atoms. The first-order valence-corrected chi connectivity index (χ1v) is 7.28. The highest BCUT2D eigenvalue weighted by molar-refractivity contribution is 5.89. The summed E-state index contributed by atoms with van der Waals surface area (Å²) in [4.78, 5) is 11.8. The summed E-state index contributed by atoms with van der Waals surface area (Å²) in [6.07, 6.45) is -0.0795. The van der Waals surface area contributed by atoms with Crippen LogP contribution in [-0.4, -0.2) is 59.2 Å². The molecular weight excluding hydrogens is 395 g/mol. The lowest BCUT2D eigenvalue weighted by atomic mass is 9.71. The van der Waals surface area contributed by atoms with Crippen molar-refractivity contribution in [3.63, 3.8) is 0 Å². The van der Waals surface area contributed by atoms with Gasteiger partial charge >= 0.3 is 35.3 Å². The first-order valence-electron chi connectivity index (χ1n) is 7.28. The van der Waals surface area contributed by atoms with Gasteiger partial charge in [-0.1, -0.05) is 6.92 Å². The Morgan fingerprint density at radius 1 is 0.692 bits per heavy atom. The Hall–Kier alpha value is -1.30. The van der Waals surface area contributed by atoms with Gasteiger partial charge in [0, 0.05) is 13.1 Å². The van der Waals surface area contributed by atoms with Crippen molar-refractivity contribution in [3.8, 4) is 0 Å². The maximum Gasteiger partial charge on any atom is 0.384 e. The zero-order valence-corrected chi connectivity index (χ0v) is 12.9. The summed E-state index contributed by atoms with van der Waals surface area (Å²) >= 11 is 0. The van der Waals surface area contributed by atoms with Gasteiger partial charge in [-0.3, -0.25) is 4.79 Å². The summed E-state index contributed by atoms with van der Waals surface area (Å²) in [7, 11) is 0. The SMILES string of the molecule is CC1CCN(C(=O)C2(F)C(F)(F)C(F)(F)C(F)(F)C(F)(F)C2(F)F)CC1. The number of nitrogens with zero attached hydrogens (tertiary/aromatic N) is 1. The Bertz CT molecular complexity index is 565. The summed E-state index contributed by atoms with van der Waals surface area (Å²) < 4.78 is 149. The highest BCUT2D eigenvalue weighted by atomic mass is 19.4. The van der Waals surface area contributed by atoms with Crippen LogP contribution in [0.4, 0.5) is 48.3 Å². The number of halogens is 11. The quantitative estimate of drug-likeness (QED) is 0.599. The van der Waals surface area contributed by atoms with Gasteiger partial charge in [0.1, 0.15) is 0 Å². The first kappa shape index (κ1) is 21.0. The second kappa shape index (κ2) is 5.37. The van der Waals surface area contributed by atoms with Crippen LogP contribution in [0.3, 0.4) is 0 Å².